The van der Waals surface area contributed by atoms with Crippen molar-refractivity contribution in [1.29, 1.82) is 0 Å². The van der Waals surface area contributed by atoms with Gasteiger partial charge in [-0.05, 0) is 13.0 Å². The number of halogens is 5. The monoisotopic (exact) mass is 297 g/mol. The first-order chi connectivity index (χ1) is 2.41. The molecule has 0 heterocycles. The van der Waals surface area contributed by atoms with Gasteiger partial charge in [-0.2, -0.15) is 0 Å². The number of nitrogens with two attached hydrogens (primary N) is 1. The lowest BCUT2D eigenvalue weighted by Gasteiger charge is -1.80. The van der Waals surface area contributed by atoms with Gasteiger partial charge in [-0.15, -0.1) is 66.6 Å². The van der Waals surface area contributed by atoms with Gasteiger partial charge >= 0.3 is 0 Å². The van der Waals surface area contributed by atoms with E-state index in [9.17, 15) is 0 Å². The van der Waals surface area contributed by atoms with Crippen LogP contribution in [0, 0.1) is 0 Å². The summed E-state index contributed by atoms with van der Waals surface area (Å²) >= 11 is 0. The second-order valence-electron chi connectivity index (χ2n) is 1.14. The maximum atomic E-state index is 5.14. The van der Waals surface area contributed by atoms with E-state index < -0.39 is 0 Å². The fourth-order valence-corrected chi connectivity index (χ4v) is 0.204. The zero-order valence-electron chi connectivity index (χ0n) is 5.74. The molecule has 0 rings (SSSR count). The van der Waals surface area contributed by atoms with Gasteiger partial charge in [0.05, 0.1) is 0 Å². The van der Waals surface area contributed by atoms with Crippen molar-refractivity contribution in [3.63, 3.8) is 0 Å². The lowest BCUT2D eigenvalue weighted by atomic mass is 10.3. The van der Waals surface area contributed by atoms with Crippen molar-refractivity contribution in [2.75, 3.05) is 6.54 Å². The Morgan fingerprint density at radius 1 is 1.00 bits per heavy atom. The van der Waals surface area contributed by atoms with Crippen LogP contribution in [0.4, 0.5) is 0 Å². The second-order valence-corrected chi connectivity index (χ2v) is 1.14. The van der Waals surface area contributed by atoms with Crippen molar-refractivity contribution < 1.29 is 0 Å². The maximum Gasteiger partial charge on any atom is -0.00774 e. The fraction of sp³-hybridized carbons (Fsp3) is 1.00. The summed E-state index contributed by atoms with van der Waals surface area (Å²) in [7, 11) is 0. The highest BCUT2D eigenvalue weighted by atomic mass is 79.9. The van der Waals surface area contributed by atoms with Crippen LogP contribution in [0.5, 0.6) is 0 Å². The predicted molar refractivity (Wildman–Crippen MR) is 63.3 cm³/mol. The largest absolute Gasteiger partial charge is 0.330 e. The van der Waals surface area contributed by atoms with E-state index in [1.54, 1.807) is 0 Å². The van der Waals surface area contributed by atoms with Gasteiger partial charge < -0.3 is 5.73 Å². The number of hydrogen-bond acceptors (Lipinski definition) is 1. The van der Waals surface area contributed by atoms with Crippen molar-refractivity contribution in [2.45, 2.75) is 19.8 Å². The number of rotatable bonds is 2. The Hall–Kier alpha value is 1.60. The molecule has 0 amide bonds. The molecule has 6 heteroatoms. The van der Waals surface area contributed by atoms with E-state index in [0.29, 0.717) is 0 Å². The molecule has 0 saturated heterocycles. The zero-order chi connectivity index (χ0) is 4.12. The Labute approximate surface area is 98.3 Å². The Kier molecular flexibility index (Phi) is 192. The van der Waals surface area contributed by atoms with E-state index in [0.717, 1.165) is 6.54 Å². The third-order valence-corrected chi connectivity index (χ3v) is 0.558. The summed E-state index contributed by atoms with van der Waals surface area (Å²) in [6, 6.07) is 0. The van der Waals surface area contributed by atoms with Crippen LogP contribution in [0.1, 0.15) is 19.8 Å². The van der Waals surface area contributed by atoms with Crippen molar-refractivity contribution in [1.82, 2.24) is 0 Å². The van der Waals surface area contributed by atoms with Gasteiger partial charge in [0, 0.05) is 0 Å². The van der Waals surface area contributed by atoms with Crippen LogP contribution >= 0.6 is 66.6 Å². The highest BCUT2D eigenvalue weighted by Crippen LogP contribution is 1.77. The molecule has 0 aromatic heterocycles. The summed E-state index contributed by atoms with van der Waals surface area (Å²) in [6.45, 7) is 2.98. The van der Waals surface area contributed by atoms with E-state index in [2.05, 4.69) is 6.92 Å². The summed E-state index contributed by atoms with van der Waals surface area (Å²) in [5, 5.41) is 0. The van der Waals surface area contributed by atoms with Gasteiger partial charge in [-0.1, -0.05) is 13.3 Å². The Balaban J connectivity index is -0.00000000800. The molecule has 0 aliphatic carbocycles. The van der Waals surface area contributed by atoms with Crippen LogP contribution in [0.25, 0.3) is 0 Å². The van der Waals surface area contributed by atoms with E-state index in [1.807, 2.05) is 0 Å². The van der Waals surface area contributed by atoms with Crippen molar-refractivity contribution >= 4 is 66.6 Å². The lowest BCUT2D eigenvalue weighted by molar-refractivity contribution is 0.807. The Morgan fingerprint density at radius 3 is 1.30 bits per heavy atom. The van der Waals surface area contributed by atoms with Crippen LogP contribution in [0.2, 0.25) is 0 Å². The molecule has 0 atom stereocenters. The minimum Gasteiger partial charge on any atom is -0.330 e. The SMILES string of the molecule is Br.CCCCN.Cl.Cl.Cl.Cl. The minimum absolute atomic E-state index is 0. The smallest absolute Gasteiger partial charge is 0.00774 e. The molecule has 2 N–H and O–H groups in total. The molecule has 0 aliphatic heterocycles. The third kappa shape index (κ3) is 54.8. The number of hydrogen-bond donors (Lipinski definition) is 1. The Bertz CT molecular complexity index is 24.7. The molecule has 0 saturated carbocycles. The van der Waals surface area contributed by atoms with Crippen LogP contribution in [0.15, 0.2) is 0 Å². The molecule has 72 valence electrons. The zero-order valence-corrected chi connectivity index (χ0v) is 10.7. The van der Waals surface area contributed by atoms with Crippen molar-refractivity contribution in [3.8, 4) is 0 Å². The molecule has 0 bridgehead atoms. The molecule has 0 aromatic carbocycles. The van der Waals surface area contributed by atoms with E-state index in [1.165, 1.54) is 12.8 Å². The highest BCUT2D eigenvalue weighted by molar-refractivity contribution is 8.93. The highest BCUT2D eigenvalue weighted by Gasteiger charge is 1.67. The standard InChI is InChI=1S/C4H11N.BrH.4ClH/c1-2-3-4-5;;;;;/h2-5H2,1H3;5*1H. The molecular weight excluding hydrogens is 284 g/mol. The van der Waals surface area contributed by atoms with Crippen LogP contribution in [-0.4, -0.2) is 6.54 Å². The topological polar surface area (TPSA) is 26.0 Å². The van der Waals surface area contributed by atoms with Crippen LogP contribution in [0.3, 0.4) is 0 Å². The lowest BCUT2D eigenvalue weighted by Crippen LogP contribution is -1.95. The number of unbranched alkanes of at least 4 members (excludes halogenated alkanes) is 1. The van der Waals surface area contributed by atoms with Gasteiger partial charge in [-0.3, -0.25) is 0 Å². The van der Waals surface area contributed by atoms with E-state index >= 15 is 0 Å². The molecule has 0 radical (unpaired) electrons. The fourth-order valence-electron chi connectivity index (χ4n) is 0.204. The quantitative estimate of drug-likeness (QED) is 0.833. The van der Waals surface area contributed by atoms with Crippen molar-refractivity contribution in [2.24, 2.45) is 5.73 Å². The third-order valence-electron chi connectivity index (χ3n) is 0.558. The average Bonchev–Trinajstić information content (AvgIpc) is 1.41. The van der Waals surface area contributed by atoms with E-state index in [4.69, 9.17) is 5.73 Å². The van der Waals surface area contributed by atoms with Gasteiger partial charge in [0.1, 0.15) is 0 Å². The van der Waals surface area contributed by atoms with Gasteiger partial charge in [-0.25, -0.2) is 0 Å². The van der Waals surface area contributed by atoms with E-state index in [-0.39, 0.29) is 66.6 Å². The molecular formula is C4H16BrCl4N. The van der Waals surface area contributed by atoms with Gasteiger partial charge in [0.25, 0.3) is 0 Å². The molecule has 10 heavy (non-hydrogen) atoms. The summed E-state index contributed by atoms with van der Waals surface area (Å²) in [6.07, 6.45) is 2.39. The molecule has 1 nitrogen and oxygen atoms in total. The second kappa shape index (κ2) is 46.2. The molecule has 0 spiro atoms. The summed E-state index contributed by atoms with van der Waals surface area (Å²) in [5.74, 6) is 0. The average molecular weight is 300 g/mol. The summed E-state index contributed by atoms with van der Waals surface area (Å²) in [5.41, 5.74) is 5.14. The molecule has 0 fully saturated rings. The summed E-state index contributed by atoms with van der Waals surface area (Å²) in [4.78, 5) is 0. The van der Waals surface area contributed by atoms with Gasteiger partial charge in [0.2, 0.25) is 0 Å². The first-order valence-electron chi connectivity index (χ1n) is 2.12. The first kappa shape index (κ1) is 41.6. The van der Waals surface area contributed by atoms with Gasteiger partial charge in [0.15, 0.2) is 0 Å². The van der Waals surface area contributed by atoms with Crippen LogP contribution in [-0.2, 0) is 0 Å². The molecule has 0 aliphatic rings. The predicted octanol–water partition coefficient (Wildman–Crippen LogP) is 3.01. The molecule has 0 aromatic rings. The summed E-state index contributed by atoms with van der Waals surface area (Å²) < 4.78 is 0. The molecule has 0 unspecified atom stereocenters. The van der Waals surface area contributed by atoms with Crippen molar-refractivity contribution in [3.05, 3.63) is 0 Å². The first-order valence-corrected chi connectivity index (χ1v) is 2.12. The van der Waals surface area contributed by atoms with Crippen LogP contribution < -0.4 is 5.73 Å². The Morgan fingerprint density at radius 2 is 1.30 bits per heavy atom. The minimum atomic E-state index is 0. The normalized spacial score (nSPS) is 4.20. The maximum absolute atomic E-state index is 5.14.